The zero-order valence-electron chi connectivity index (χ0n) is 16.9. The summed E-state index contributed by atoms with van der Waals surface area (Å²) in [6.45, 7) is 0.181. The number of aryl methyl sites for hydroxylation is 1. The Morgan fingerprint density at radius 1 is 1.06 bits per heavy atom. The Bertz CT molecular complexity index is 1300. The Balaban J connectivity index is 1.41. The average molecular weight is 417 g/mol. The molecule has 2 aromatic carbocycles. The molecule has 0 saturated heterocycles. The van der Waals surface area contributed by atoms with Gasteiger partial charge in [-0.15, -0.1) is 0 Å². The molecule has 0 unspecified atom stereocenters. The molecule has 1 aliphatic rings. The molecule has 0 aliphatic carbocycles. The predicted octanol–water partition coefficient (Wildman–Crippen LogP) is 4.36. The van der Waals surface area contributed by atoms with Crippen molar-refractivity contribution >= 4 is 22.5 Å². The van der Waals surface area contributed by atoms with Gasteiger partial charge in [0.05, 0.1) is 12.6 Å². The second-order valence-electron chi connectivity index (χ2n) is 6.94. The number of pyridine rings is 1. The SMILES string of the molecule is COc1ccc2cc(C(=O)Nc3cccnc3Oc3ccc4c(c3)OCO4)n(C)c2c1. The van der Waals surface area contributed by atoms with Crippen LogP contribution in [0.25, 0.3) is 10.9 Å². The minimum absolute atomic E-state index is 0.181. The Labute approximate surface area is 177 Å². The number of hydrogen-bond acceptors (Lipinski definition) is 6. The van der Waals surface area contributed by atoms with Gasteiger partial charge in [-0.1, -0.05) is 0 Å². The molecule has 0 spiro atoms. The van der Waals surface area contributed by atoms with E-state index >= 15 is 0 Å². The van der Waals surface area contributed by atoms with Crippen molar-refractivity contribution in [3.8, 4) is 28.9 Å². The number of nitrogens with one attached hydrogen (secondary N) is 1. The molecule has 3 heterocycles. The number of fused-ring (bicyclic) bond motifs is 2. The maximum atomic E-state index is 13.0. The fourth-order valence-corrected chi connectivity index (χ4v) is 3.46. The maximum absolute atomic E-state index is 13.0. The average Bonchev–Trinajstić information content (AvgIpc) is 3.39. The number of aromatic nitrogens is 2. The monoisotopic (exact) mass is 417 g/mol. The Morgan fingerprint density at radius 2 is 1.90 bits per heavy atom. The first-order valence-corrected chi connectivity index (χ1v) is 9.60. The van der Waals surface area contributed by atoms with Gasteiger partial charge in [0.2, 0.25) is 12.7 Å². The van der Waals surface area contributed by atoms with Crippen LogP contribution in [-0.4, -0.2) is 29.4 Å². The third-order valence-corrected chi connectivity index (χ3v) is 5.06. The van der Waals surface area contributed by atoms with Crippen molar-refractivity contribution in [2.24, 2.45) is 7.05 Å². The van der Waals surface area contributed by atoms with Gasteiger partial charge in [-0.25, -0.2) is 4.98 Å². The highest BCUT2D eigenvalue weighted by atomic mass is 16.7. The van der Waals surface area contributed by atoms with Crippen LogP contribution in [0.2, 0.25) is 0 Å². The lowest BCUT2D eigenvalue weighted by molar-refractivity contribution is 0.101. The van der Waals surface area contributed by atoms with Gasteiger partial charge in [0.15, 0.2) is 11.5 Å². The highest BCUT2D eigenvalue weighted by Gasteiger charge is 2.18. The van der Waals surface area contributed by atoms with Gasteiger partial charge < -0.3 is 28.8 Å². The van der Waals surface area contributed by atoms with E-state index in [4.69, 9.17) is 18.9 Å². The van der Waals surface area contributed by atoms with Gasteiger partial charge >= 0.3 is 0 Å². The number of anilines is 1. The van der Waals surface area contributed by atoms with Crippen LogP contribution in [0.3, 0.4) is 0 Å². The zero-order chi connectivity index (χ0) is 21.4. The number of methoxy groups -OCH3 is 1. The van der Waals surface area contributed by atoms with E-state index in [0.717, 1.165) is 16.7 Å². The first-order valence-electron chi connectivity index (χ1n) is 9.60. The van der Waals surface area contributed by atoms with Crippen LogP contribution in [0, 0.1) is 0 Å². The van der Waals surface area contributed by atoms with E-state index in [0.29, 0.717) is 28.6 Å². The first-order chi connectivity index (χ1) is 15.1. The smallest absolute Gasteiger partial charge is 0.272 e. The molecule has 156 valence electrons. The summed E-state index contributed by atoms with van der Waals surface area (Å²) < 4.78 is 23.7. The third-order valence-electron chi connectivity index (χ3n) is 5.06. The first kappa shape index (κ1) is 18.8. The van der Waals surface area contributed by atoms with E-state index in [-0.39, 0.29) is 18.6 Å². The molecule has 1 aliphatic heterocycles. The second-order valence-corrected chi connectivity index (χ2v) is 6.94. The Hall–Kier alpha value is -4.20. The molecule has 8 nitrogen and oxygen atoms in total. The van der Waals surface area contributed by atoms with Crippen LogP contribution in [0.4, 0.5) is 5.69 Å². The van der Waals surface area contributed by atoms with Crippen molar-refractivity contribution < 1.29 is 23.7 Å². The quantitative estimate of drug-likeness (QED) is 0.520. The molecular weight excluding hydrogens is 398 g/mol. The molecule has 4 aromatic rings. The molecular formula is C23H19N3O5. The lowest BCUT2D eigenvalue weighted by atomic mass is 10.2. The summed E-state index contributed by atoms with van der Waals surface area (Å²) >= 11 is 0. The number of nitrogens with zero attached hydrogens (tertiary/aromatic N) is 2. The Morgan fingerprint density at radius 3 is 2.77 bits per heavy atom. The molecule has 5 rings (SSSR count). The van der Waals surface area contributed by atoms with Crippen LogP contribution in [0.1, 0.15) is 10.5 Å². The number of amides is 1. The van der Waals surface area contributed by atoms with Crippen molar-refractivity contribution in [2.75, 3.05) is 19.2 Å². The molecule has 1 N–H and O–H groups in total. The van der Waals surface area contributed by atoms with Crippen LogP contribution >= 0.6 is 0 Å². The van der Waals surface area contributed by atoms with Gasteiger partial charge in [-0.2, -0.15) is 0 Å². The highest BCUT2D eigenvalue weighted by molar-refractivity contribution is 6.07. The van der Waals surface area contributed by atoms with Gasteiger partial charge in [0.25, 0.3) is 5.91 Å². The number of rotatable bonds is 5. The topological polar surface area (TPSA) is 83.8 Å². The summed E-state index contributed by atoms with van der Waals surface area (Å²) in [6.07, 6.45) is 1.60. The molecule has 8 heteroatoms. The summed E-state index contributed by atoms with van der Waals surface area (Å²) in [4.78, 5) is 17.3. The molecule has 0 radical (unpaired) electrons. The van der Waals surface area contributed by atoms with Crippen LogP contribution in [-0.2, 0) is 7.05 Å². The van der Waals surface area contributed by atoms with Gasteiger partial charge in [-0.3, -0.25) is 4.79 Å². The maximum Gasteiger partial charge on any atom is 0.272 e. The largest absolute Gasteiger partial charge is 0.497 e. The number of carbonyl (C=O) groups excluding carboxylic acids is 1. The minimum atomic E-state index is -0.277. The van der Waals surface area contributed by atoms with Crippen molar-refractivity contribution in [1.82, 2.24) is 9.55 Å². The van der Waals surface area contributed by atoms with E-state index in [1.165, 1.54) is 0 Å². The lowest BCUT2D eigenvalue weighted by Gasteiger charge is -2.12. The van der Waals surface area contributed by atoms with E-state index in [1.54, 1.807) is 43.6 Å². The number of ether oxygens (including phenoxy) is 4. The molecule has 0 bridgehead atoms. The van der Waals surface area contributed by atoms with Crippen LogP contribution in [0.5, 0.6) is 28.9 Å². The summed E-state index contributed by atoms with van der Waals surface area (Å²) in [5, 5.41) is 3.84. The third kappa shape index (κ3) is 3.48. The highest BCUT2D eigenvalue weighted by Crippen LogP contribution is 2.37. The van der Waals surface area contributed by atoms with Crippen molar-refractivity contribution in [1.29, 1.82) is 0 Å². The summed E-state index contributed by atoms with van der Waals surface area (Å²) in [7, 11) is 3.45. The summed E-state index contributed by atoms with van der Waals surface area (Å²) in [5.74, 6) is 2.51. The van der Waals surface area contributed by atoms with Crippen molar-refractivity contribution in [2.45, 2.75) is 0 Å². The zero-order valence-corrected chi connectivity index (χ0v) is 16.9. The molecule has 0 atom stereocenters. The second kappa shape index (κ2) is 7.56. The molecule has 1 amide bonds. The fraction of sp³-hybridized carbons (Fsp3) is 0.130. The molecule has 31 heavy (non-hydrogen) atoms. The molecule has 0 fully saturated rings. The summed E-state index contributed by atoms with van der Waals surface area (Å²) in [5.41, 5.74) is 1.85. The van der Waals surface area contributed by atoms with Crippen LogP contribution < -0.4 is 24.3 Å². The van der Waals surface area contributed by atoms with E-state index in [1.807, 2.05) is 35.9 Å². The minimum Gasteiger partial charge on any atom is -0.497 e. The number of hydrogen-bond donors (Lipinski definition) is 1. The fourth-order valence-electron chi connectivity index (χ4n) is 3.46. The van der Waals surface area contributed by atoms with E-state index in [2.05, 4.69) is 10.3 Å². The molecule has 0 saturated carbocycles. The van der Waals surface area contributed by atoms with Gasteiger partial charge in [0, 0.05) is 30.8 Å². The standard InChI is InChI=1S/C23H19N3O5/c1-26-18-11-15(28-2)6-5-14(18)10-19(26)22(27)25-17-4-3-9-24-23(17)31-16-7-8-20-21(12-16)30-13-29-20/h3-12H,13H2,1-2H3,(H,25,27). The number of benzene rings is 2. The van der Waals surface area contributed by atoms with Crippen molar-refractivity contribution in [3.63, 3.8) is 0 Å². The lowest BCUT2D eigenvalue weighted by Crippen LogP contribution is -2.16. The normalized spacial score (nSPS) is 12.1. The van der Waals surface area contributed by atoms with E-state index < -0.39 is 0 Å². The number of carbonyl (C=O) groups is 1. The van der Waals surface area contributed by atoms with Gasteiger partial charge in [-0.05, 0) is 42.5 Å². The Kier molecular flexibility index (Phi) is 4.59. The van der Waals surface area contributed by atoms with Gasteiger partial charge in [0.1, 0.15) is 22.9 Å². The summed E-state index contributed by atoms with van der Waals surface area (Å²) in [6, 6.07) is 16.2. The van der Waals surface area contributed by atoms with Crippen molar-refractivity contribution in [3.05, 3.63) is 66.5 Å². The van der Waals surface area contributed by atoms with E-state index in [9.17, 15) is 4.79 Å². The predicted molar refractivity (Wildman–Crippen MR) is 114 cm³/mol. The molecule has 2 aromatic heterocycles. The van der Waals surface area contributed by atoms with Crippen LogP contribution in [0.15, 0.2) is 60.8 Å².